The van der Waals surface area contributed by atoms with Crippen molar-refractivity contribution in [2.75, 3.05) is 0 Å². The Kier molecular flexibility index (Phi) is 6.39. The van der Waals surface area contributed by atoms with Crippen molar-refractivity contribution in [1.82, 2.24) is 0 Å². The van der Waals surface area contributed by atoms with Crippen LogP contribution in [0.5, 0.6) is 0 Å². The van der Waals surface area contributed by atoms with Crippen LogP contribution in [0.25, 0.3) is 0 Å². The fraction of sp³-hybridized carbons (Fsp3) is 0.900. The lowest BCUT2D eigenvalue weighted by Gasteiger charge is -2.23. The minimum Gasteiger partial charge on any atom is -0.368 e. The highest BCUT2D eigenvalue weighted by Gasteiger charge is 2.31. The Labute approximate surface area is 89.4 Å². The van der Waals surface area contributed by atoms with Gasteiger partial charge < -0.3 is 5.73 Å². The van der Waals surface area contributed by atoms with Crippen molar-refractivity contribution >= 4 is 21.8 Å². The lowest BCUT2D eigenvalue weighted by atomic mass is 9.95. The highest BCUT2D eigenvalue weighted by molar-refractivity contribution is 9.10. The maximum absolute atomic E-state index is 11.2. The Morgan fingerprint density at radius 2 is 1.62 bits per heavy atom. The summed E-state index contributed by atoms with van der Waals surface area (Å²) in [6.07, 6.45) is 6.03. The number of unbranched alkanes of at least 4 members (excludes halogenated alkanes) is 2. The summed E-state index contributed by atoms with van der Waals surface area (Å²) in [5, 5.41) is 0. The lowest BCUT2D eigenvalue weighted by Crippen LogP contribution is -2.38. The van der Waals surface area contributed by atoms with Gasteiger partial charge in [0.2, 0.25) is 5.91 Å². The summed E-state index contributed by atoms with van der Waals surface area (Å²) in [5.41, 5.74) is 5.37. The molecule has 13 heavy (non-hydrogen) atoms. The van der Waals surface area contributed by atoms with Crippen LogP contribution in [-0.4, -0.2) is 10.2 Å². The third-order valence-electron chi connectivity index (χ3n) is 2.29. The van der Waals surface area contributed by atoms with Gasteiger partial charge in [-0.1, -0.05) is 55.5 Å². The van der Waals surface area contributed by atoms with E-state index >= 15 is 0 Å². The second-order valence-corrected chi connectivity index (χ2v) is 5.05. The van der Waals surface area contributed by atoms with Gasteiger partial charge in [-0.15, -0.1) is 0 Å². The minimum atomic E-state index is -0.445. The number of alkyl halides is 1. The van der Waals surface area contributed by atoms with Crippen LogP contribution in [0.4, 0.5) is 0 Å². The van der Waals surface area contributed by atoms with Crippen LogP contribution in [-0.2, 0) is 4.79 Å². The molecule has 0 aromatic carbocycles. The lowest BCUT2D eigenvalue weighted by molar-refractivity contribution is -0.120. The molecule has 0 unspecified atom stereocenters. The van der Waals surface area contributed by atoms with E-state index in [1.54, 1.807) is 0 Å². The van der Waals surface area contributed by atoms with Crippen molar-refractivity contribution in [1.29, 1.82) is 0 Å². The van der Waals surface area contributed by atoms with E-state index in [0.29, 0.717) is 0 Å². The topological polar surface area (TPSA) is 43.1 Å². The molecule has 0 aromatic heterocycles. The Morgan fingerprint density at radius 1 is 1.23 bits per heavy atom. The molecule has 0 fully saturated rings. The van der Waals surface area contributed by atoms with Crippen LogP contribution in [0.3, 0.4) is 0 Å². The number of hydrogen-bond acceptors (Lipinski definition) is 1. The number of carbonyl (C=O) groups excluding carboxylic acids is 1. The third-order valence-corrected chi connectivity index (χ3v) is 3.48. The van der Waals surface area contributed by atoms with E-state index in [9.17, 15) is 4.79 Å². The standard InChI is InChI=1S/C10H20BrNO/c1-3-5-7-10(11,9(12)13)8-6-4-2/h3-8H2,1-2H3,(H2,12,13). The van der Waals surface area contributed by atoms with E-state index in [0.717, 1.165) is 38.5 Å². The molecule has 78 valence electrons. The number of amides is 1. The van der Waals surface area contributed by atoms with Gasteiger partial charge in [0.25, 0.3) is 0 Å². The van der Waals surface area contributed by atoms with Gasteiger partial charge in [0, 0.05) is 0 Å². The van der Waals surface area contributed by atoms with Crippen LogP contribution < -0.4 is 5.73 Å². The molecule has 0 bridgehead atoms. The molecule has 0 spiro atoms. The summed E-state index contributed by atoms with van der Waals surface area (Å²) in [4.78, 5) is 11.2. The fourth-order valence-corrected chi connectivity index (χ4v) is 1.85. The number of halogens is 1. The van der Waals surface area contributed by atoms with E-state index in [2.05, 4.69) is 29.8 Å². The predicted molar refractivity (Wildman–Crippen MR) is 59.9 cm³/mol. The molecule has 0 aliphatic rings. The van der Waals surface area contributed by atoms with Gasteiger partial charge in [-0.3, -0.25) is 4.79 Å². The number of hydrogen-bond donors (Lipinski definition) is 1. The van der Waals surface area contributed by atoms with Crippen molar-refractivity contribution in [2.24, 2.45) is 5.73 Å². The first kappa shape index (κ1) is 12.9. The molecule has 0 atom stereocenters. The molecule has 0 aromatic rings. The number of rotatable bonds is 7. The maximum Gasteiger partial charge on any atom is 0.234 e. The first-order valence-corrected chi connectivity index (χ1v) is 5.85. The highest BCUT2D eigenvalue weighted by atomic mass is 79.9. The van der Waals surface area contributed by atoms with Crippen molar-refractivity contribution < 1.29 is 4.79 Å². The number of primary amides is 1. The second kappa shape index (κ2) is 6.41. The quantitative estimate of drug-likeness (QED) is 0.693. The SMILES string of the molecule is CCCCC(Br)(CCCC)C(N)=O. The highest BCUT2D eigenvalue weighted by Crippen LogP contribution is 2.30. The predicted octanol–water partition coefficient (Wildman–Crippen LogP) is 2.99. The van der Waals surface area contributed by atoms with Gasteiger partial charge in [0.1, 0.15) is 4.32 Å². The molecule has 2 nitrogen and oxygen atoms in total. The van der Waals surface area contributed by atoms with Crippen LogP contribution >= 0.6 is 15.9 Å². The van der Waals surface area contributed by atoms with Gasteiger partial charge >= 0.3 is 0 Å². The molecule has 0 saturated heterocycles. The van der Waals surface area contributed by atoms with Crippen LogP contribution in [0, 0.1) is 0 Å². The Balaban J connectivity index is 4.08. The molecule has 0 rings (SSSR count). The Hall–Kier alpha value is -0.0500. The first-order valence-electron chi connectivity index (χ1n) is 5.05. The zero-order valence-corrected chi connectivity index (χ0v) is 10.2. The summed E-state index contributed by atoms with van der Waals surface area (Å²) in [6.45, 7) is 4.24. The van der Waals surface area contributed by atoms with Gasteiger partial charge in [-0.2, -0.15) is 0 Å². The van der Waals surface area contributed by atoms with Gasteiger partial charge in [-0.05, 0) is 12.8 Å². The maximum atomic E-state index is 11.2. The molecule has 3 heteroatoms. The van der Waals surface area contributed by atoms with E-state index < -0.39 is 4.32 Å². The van der Waals surface area contributed by atoms with Crippen LogP contribution in [0.15, 0.2) is 0 Å². The number of carbonyl (C=O) groups is 1. The van der Waals surface area contributed by atoms with E-state index in [1.807, 2.05) is 0 Å². The van der Waals surface area contributed by atoms with Crippen LogP contribution in [0.2, 0.25) is 0 Å². The van der Waals surface area contributed by atoms with Crippen molar-refractivity contribution in [3.05, 3.63) is 0 Å². The van der Waals surface area contributed by atoms with E-state index in [1.165, 1.54) is 0 Å². The molecule has 2 N–H and O–H groups in total. The average molecular weight is 250 g/mol. The summed E-state index contributed by atoms with van der Waals surface area (Å²) in [6, 6.07) is 0. The van der Waals surface area contributed by atoms with E-state index in [4.69, 9.17) is 5.73 Å². The molecule has 0 aliphatic carbocycles. The fourth-order valence-electron chi connectivity index (χ4n) is 1.29. The summed E-state index contributed by atoms with van der Waals surface area (Å²) < 4.78 is -0.445. The molecule has 1 amide bonds. The van der Waals surface area contributed by atoms with E-state index in [-0.39, 0.29) is 5.91 Å². The third kappa shape index (κ3) is 4.65. The van der Waals surface area contributed by atoms with Gasteiger partial charge in [0.15, 0.2) is 0 Å². The van der Waals surface area contributed by atoms with Crippen LogP contribution in [0.1, 0.15) is 52.4 Å². The molecule has 0 saturated carbocycles. The Bertz CT molecular complexity index is 151. The normalized spacial score (nSPS) is 11.6. The van der Waals surface area contributed by atoms with Crippen molar-refractivity contribution in [3.63, 3.8) is 0 Å². The smallest absolute Gasteiger partial charge is 0.234 e. The second-order valence-electron chi connectivity index (χ2n) is 3.54. The summed E-state index contributed by atoms with van der Waals surface area (Å²) in [5.74, 6) is -0.214. The van der Waals surface area contributed by atoms with Gasteiger partial charge in [-0.25, -0.2) is 0 Å². The molecule has 0 radical (unpaired) electrons. The minimum absolute atomic E-state index is 0.214. The van der Waals surface area contributed by atoms with Gasteiger partial charge in [0.05, 0.1) is 0 Å². The molecular weight excluding hydrogens is 230 g/mol. The average Bonchev–Trinajstić information content (AvgIpc) is 2.11. The zero-order valence-electron chi connectivity index (χ0n) is 8.61. The monoisotopic (exact) mass is 249 g/mol. The zero-order chi connectivity index (χ0) is 10.3. The van der Waals surface area contributed by atoms with Crippen molar-refractivity contribution in [3.8, 4) is 0 Å². The Morgan fingerprint density at radius 3 is 1.85 bits per heavy atom. The number of nitrogens with two attached hydrogens (primary N) is 1. The summed E-state index contributed by atoms with van der Waals surface area (Å²) in [7, 11) is 0. The molecule has 0 aliphatic heterocycles. The van der Waals surface area contributed by atoms with Crippen molar-refractivity contribution in [2.45, 2.75) is 56.7 Å². The molecule has 0 heterocycles. The summed E-state index contributed by atoms with van der Waals surface area (Å²) >= 11 is 3.48. The first-order chi connectivity index (χ1) is 6.06. The largest absolute Gasteiger partial charge is 0.368 e. The molecular formula is C10H20BrNO.